The molecule has 4 heteroatoms. The third kappa shape index (κ3) is 2.86. The minimum Gasteiger partial charge on any atom is -0.379 e. The van der Waals surface area contributed by atoms with Crippen molar-refractivity contribution in [2.24, 2.45) is 0 Å². The lowest BCUT2D eigenvalue weighted by Crippen LogP contribution is -2.39. The maximum Gasteiger partial charge on any atom is 0.220 e. The van der Waals surface area contributed by atoms with Crippen molar-refractivity contribution in [1.82, 2.24) is 10.6 Å². The van der Waals surface area contributed by atoms with Gasteiger partial charge >= 0.3 is 0 Å². The van der Waals surface area contributed by atoms with E-state index >= 15 is 0 Å². The minimum atomic E-state index is -0.493. The van der Waals surface area contributed by atoms with Gasteiger partial charge in [-0.3, -0.25) is 10.1 Å². The van der Waals surface area contributed by atoms with Crippen LogP contribution < -0.4 is 10.6 Å². The van der Waals surface area contributed by atoms with Crippen LogP contribution in [0.5, 0.6) is 0 Å². The summed E-state index contributed by atoms with van der Waals surface area (Å²) in [5, 5.41) is 14.5. The first-order valence-electron chi connectivity index (χ1n) is 3.89. The first-order valence-corrected chi connectivity index (χ1v) is 3.89. The molecule has 1 saturated heterocycles. The fourth-order valence-corrected chi connectivity index (χ4v) is 1.14. The van der Waals surface area contributed by atoms with Crippen LogP contribution in [-0.2, 0) is 4.79 Å². The maximum atomic E-state index is 10.7. The van der Waals surface area contributed by atoms with Crippen molar-refractivity contribution in [3.05, 3.63) is 0 Å². The van der Waals surface area contributed by atoms with E-state index in [9.17, 15) is 4.79 Å². The SMILES string of the molecule is CC(O)NCC1CCC(=O)N1. The zero-order chi connectivity index (χ0) is 8.27. The number of amides is 1. The second-order valence-corrected chi connectivity index (χ2v) is 2.89. The lowest BCUT2D eigenvalue weighted by Gasteiger charge is -2.12. The normalized spacial score (nSPS) is 26.7. The number of aliphatic hydroxyl groups is 1. The summed E-state index contributed by atoms with van der Waals surface area (Å²) < 4.78 is 0. The van der Waals surface area contributed by atoms with Crippen LogP contribution in [0, 0.1) is 0 Å². The van der Waals surface area contributed by atoms with Crippen LogP contribution in [0.3, 0.4) is 0 Å². The summed E-state index contributed by atoms with van der Waals surface area (Å²) in [6, 6.07) is 0.206. The smallest absolute Gasteiger partial charge is 0.220 e. The van der Waals surface area contributed by atoms with Crippen LogP contribution in [-0.4, -0.2) is 29.8 Å². The lowest BCUT2D eigenvalue weighted by molar-refractivity contribution is -0.119. The van der Waals surface area contributed by atoms with E-state index in [0.717, 1.165) is 6.42 Å². The third-order valence-corrected chi connectivity index (χ3v) is 1.74. The monoisotopic (exact) mass is 158 g/mol. The number of hydrogen-bond acceptors (Lipinski definition) is 3. The number of carbonyl (C=O) groups excluding carboxylic acids is 1. The Balaban J connectivity index is 2.13. The van der Waals surface area contributed by atoms with Crippen molar-refractivity contribution < 1.29 is 9.90 Å². The Morgan fingerprint density at radius 2 is 2.64 bits per heavy atom. The Labute approximate surface area is 66.0 Å². The average molecular weight is 158 g/mol. The molecule has 11 heavy (non-hydrogen) atoms. The van der Waals surface area contributed by atoms with Gasteiger partial charge in [-0.1, -0.05) is 0 Å². The fraction of sp³-hybridized carbons (Fsp3) is 0.857. The quantitative estimate of drug-likeness (QED) is 0.471. The number of nitrogens with one attached hydrogen (secondary N) is 2. The van der Waals surface area contributed by atoms with Gasteiger partial charge in [-0.2, -0.15) is 0 Å². The molecule has 1 fully saturated rings. The average Bonchev–Trinajstić information content (AvgIpc) is 2.31. The molecule has 1 aliphatic rings. The number of carbonyl (C=O) groups is 1. The van der Waals surface area contributed by atoms with Crippen LogP contribution >= 0.6 is 0 Å². The highest BCUT2D eigenvalue weighted by Gasteiger charge is 2.20. The Bertz CT molecular complexity index is 147. The molecule has 1 amide bonds. The number of rotatable bonds is 3. The summed E-state index contributed by atoms with van der Waals surface area (Å²) in [6.07, 6.45) is 0.998. The maximum absolute atomic E-state index is 10.7. The van der Waals surface area contributed by atoms with Gasteiger partial charge in [0.15, 0.2) is 0 Å². The molecule has 1 heterocycles. The molecule has 2 unspecified atom stereocenters. The molecule has 0 aromatic carbocycles. The molecule has 3 N–H and O–H groups in total. The topological polar surface area (TPSA) is 61.4 Å². The first kappa shape index (κ1) is 8.49. The van der Waals surface area contributed by atoms with Crippen molar-refractivity contribution in [3.63, 3.8) is 0 Å². The third-order valence-electron chi connectivity index (χ3n) is 1.74. The van der Waals surface area contributed by atoms with Gasteiger partial charge in [0.25, 0.3) is 0 Å². The van der Waals surface area contributed by atoms with E-state index in [2.05, 4.69) is 10.6 Å². The largest absolute Gasteiger partial charge is 0.379 e. The van der Waals surface area contributed by atoms with Gasteiger partial charge in [0.1, 0.15) is 6.23 Å². The highest BCUT2D eigenvalue weighted by atomic mass is 16.3. The van der Waals surface area contributed by atoms with E-state index in [1.54, 1.807) is 6.92 Å². The van der Waals surface area contributed by atoms with Gasteiger partial charge < -0.3 is 10.4 Å². The summed E-state index contributed by atoms with van der Waals surface area (Å²) in [7, 11) is 0. The molecule has 4 nitrogen and oxygen atoms in total. The minimum absolute atomic E-state index is 0.113. The molecule has 0 radical (unpaired) electrons. The Hall–Kier alpha value is -0.610. The molecular weight excluding hydrogens is 144 g/mol. The Morgan fingerprint density at radius 3 is 3.09 bits per heavy atom. The van der Waals surface area contributed by atoms with Gasteiger partial charge in [0.05, 0.1) is 0 Å². The van der Waals surface area contributed by atoms with Crippen LogP contribution in [0.15, 0.2) is 0 Å². The first-order chi connectivity index (χ1) is 5.18. The molecule has 0 aliphatic carbocycles. The molecule has 1 rings (SSSR count). The molecule has 64 valence electrons. The van der Waals surface area contributed by atoms with Crippen LogP contribution in [0.1, 0.15) is 19.8 Å². The summed E-state index contributed by atoms with van der Waals surface area (Å²) >= 11 is 0. The second-order valence-electron chi connectivity index (χ2n) is 2.89. The number of hydrogen-bond donors (Lipinski definition) is 3. The van der Waals surface area contributed by atoms with Crippen molar-refractivity contribution >= 4 is 5.91 Å². The van der Waals surface area contributed by atoms with Gasteiger partial charge in [-0.15, -0.1) is 0 Å². The summed E-state index contributed by atoms with van der Waals surface area (Å²) in [6.45, 7) is 2.32. The fourth-order valence-electron chi connectivity index (χ4n) is 1.14. The highest BCUT2D eigenvalue weighted by Crippen LogP contribution is 2.04. The van der Waals surface area contributed by atoms with E-state index in [-0.39, 0.29) is 11.9 Å². The standard InChI is InChI=1S/C7H14N2O2/c1-5(10)8-4-6-2-3-7(11)9-6/h5-6,8,10H,2-4H2,1H3,(H,9,11). The number of aliphatic hydroxyl groups excluding tert-OH is 1. The predicted molar refractivity (Wildman–Crippen MR) is 40.8 cm³/mol. The van der Waals surface area contributed by atoms with E-state index < -0.39 is 6.23 Å². The predicted octanol–water partition coefficient (Wildman–Crippen LogP) is -0.807. The van der Waals surface area contributed by atoms with Crippen molar-refractivity contribution in [2.45, 2.75) is 32.0 Å². The zero-order valence-corrected chi connectivity index (χ0v) is 6.63. The zero-order valence-electron chi connectivity index (χ0n) is 6.63. The van der Waals surface area contributed by atoms with E-state index in [0.29, 0.717) is 13.0 Å². The second kappa shape index (κ2) is 3.69. The molecule has 0 saturated carbocycles. The molecule has 2 atom stereocenters. The summed E-state index contributed by atoms with van der Waals surface area (Å²) in [5.41, 5.74) is 0. The van der Waals surface area contributed by atoms with Gasteiger partial charge in [0, 0.05) is 19.0 Å². The molecular formula is C7H14N2O2. The van der Waals surface area contributed by atoms with Crippen molar-refractivity contribution in [3.8, 4) is 0 Å². The molecule has 0 aromatic rings. The van der Waals surface area contributed by atoms with Crippen LogP contribution in [0.2, 0.25) is 0 Å². The van der Waals surface area contributed by atoms with Crippen molar-refractivity contribution in [2.75, 3.05) is 6.54 Å². The molecule has 0 spiro atoms. The van der Waals surface area contributed by atoms with Crippen LogP contribution in [0.25, 0.3) is 0 Å². The molecule has 0 bridgehead atoms. The van der Waals surface area contributed by atoms with Gasteiger partial charge in [-0.05, 0) is 13.3 Å². The Kier molecular flexibility index (Phi) is 2.84. The van der Waals surface area contributed by atoms with E-state index in [1.165, 1.54) is 0 Å². The summed E-state index contributed by atoms with van der Waals surface area (Å²) in [4.78, 5) is 10.7. The van der Waals surface area contributed by atoms with Gasteiger partial charge in [-0.25, -0.2) is 0 Å². The van der Waals surface area contributed by atoms with Gasteiger partial charge in [0.2, 0.25) is 5.91 Å². The molecule has 0 aromatic heterocycles. The highest BCUT2D eigenvalue weighted by molar-refractivity contribution is 5.78. The molecule has 1 aliphatic heterocycles. The summed E-state index contributed by atoms with van der Waals surface area (Å²) in [5.74, 6) is 0.113. The van der Waals surface area contributed by atoms with E-state index in [4.69, 9.17) is 5.11 Å². The van der Waals surface area contributed by atoms with E-state index in [1.807, 2.05) is 0 Å². The lowest BCUT2D eigenvalue weighted by atomic mass is 10.2. The van der Waals surface area contributed by atoms with Crippen LogP contribution in [0.4, 0.5) is 0 Å². The van der Waals surface area contributed by atoms with Crippen molar-refractivity contribution in [1.29, 1.82) is 0 Å². The Morgan fingerprint density at radius 1 is 1.91 bits per heavy atom.